The van der Waals surface area contributed by atoms with E-state index in [9.17, 15) is 13.2 Å². The Morgan fingerprint density at radius 3 is 2.50 bits per heavy atom. The van der Waals surface area contributed by atoms with Gasteiger partial charge in [0.15, 0.2) is 0 Å². The molecular formula is C25H26ClN3O4S. The normalized spacial score (nSPS) is 15.1. The molecule has 0 bridgehead atoms. The lowest BCUT2D eigenvalue weighted by Gasteiger charge is -2.35. The Balaban J connectivity index is 1.41. The van der Waals surface area contributed by atoms with E-state index in [-0.39, 0.29) is 5.91 Å². The van der Waals surface area contributed by atoms with Gasteiger partial charge in [0.1, 0.15) is 11.5 Å². The summed E-state index contributed by atoms with van der Waals surface area (Å²) in [5, 5.41) is 3.58. The fourth-order valence-corrected chi connectivity index (χ4v) is 4.80. The van der Waals surface area contributed by atoms with Gasteiger partial charge in [0, 0.05) is 42.8 Å². The molecule has 0 atom stereocenters. The van der Waals surface area contributed by atoms with E-state index in [0.29, 0.717) is 48.4 Å². The molecule has 9 heteroatoms. The molecule has 3 aromatic rings. The van der Waals surface area contributed by atoms with Crippen LogP contribution in [-0.4, -0.2) is 51.1 Å². The summed E-state index contributed by atoms with van der Waals surface area (Å²) in [6, 6.07) is 16.8. The van der Waals surface area contributed by atoms with Crippen LogP contribution >= 0.6 is 11.6 Å². The molecule has 2 heterocycles. The molecule has 0 saturated carbocycles. The molecular weight excluding hydrogens is 474 g/mol. The monoisotopic (exact) mass is 499 g/mol. The van der Waals surface area contributed by atoms with E-state index in [2.05, 4.69) is 10.2 Å². The topological polar surface area (TPSA) is 82.9 Å². The van der Waals surface area contributed by atoms with Crippen LogP contribution in [0.3, 0.4) is 0 Å². The zero-order valence-electron chi connectivity index (χ0n) is 19.0. The number of halogens is 1. The third kappa shape index (κ3) is 5.70. The molecule has 0 aliphatic carbocycles. The van der Waals surface area contributed by atoms with Crippen LogP contribution in [0.1, 0.15) is 11.3 Å². The summed E-state index contributed by atoms with van der Waals surface area (Å²) >= 11 is 6.21. The fourth-order valence-electron chi connectivity index (χ4n) is 3.79. The number of hydrogen-bond donors (Lipinski definition) is 1. The molecule has 1 aliphatic rings. The third-order valence-corrected chi connectivity index (χ3v) is 7.40. The minimum Gasteiger partial charge on any atom is -0.457 e. The lowest BCUT2D eigenvalue weighted by atomic mass is 10.1. The quantitative estimate of drug-likeness (QED) is 0.499. The number of nitrogens with one attached hydrogen (secondary N) is 1. The van der Waals surface area contributed by atoms with Crippen LogP contribution < -0.4 is 10.2 Å². The summed E-state index contributed by atoms with van der Waals surface area (Å²) in [4.78, 5) is 14.7. The maximum atomic E-state index is 12.6. The van der Waals surface area contributed by atoms with Crippen molar-refractivity contribution < 1.29 is 17.6 Å². The van der Waals surface area contributed by atoms with Crippen molar-refractivity contribution >= 4 is 45.0 Å². The van der Waals surface area contributed by atoms with Gasteiger partial charge >= 0.3 is 0 Å². The maximum absolute atomic E-state index is 12.6. The van der Waals surface area contributed by atoms with Crippen molar-refractivity contribution in [2.75, 3.05) is 42.7 Å². The van der Waals surface area contributed by atoms with Gasteiger partial charge in [0.25, 0.3) is 0 Å². The van der Waals surface area contributed by atoms with E-state index in [0.717, 1.165) is 16.8 Å². The summed E-state index contributed by atoms with van der Waals surface area (Å²) in [6.45, 7) is 3.86. The highest BCUT2D eigenvalue weighted by Gasteiger charge is 2.24. The second-order valence-electron chi connectivity index (χ2n) is 8.15. The fraction of sp³-hybridized carbons (Fsp3) is 0.240. The van der Waals surface area contributed by atoms with Crippen molar-refractivity contribution in [3.05, 3.63) is 77.0 Å². The number of aryl methyl sites for hydroxylation is 1. The molecule has 1 N–H and O–H groups in total. The Labute approximate surface area is 204 Å². The molecule has 7 nitrogen and oxygen atoms in total. The first-order valence-corrected chi connectivity index (χ1v) is 13.1. The molecule has 1 aromatic heterocycles. The Morgan fingerprint density at radius 1 is 1.06 bits per heavy atom. The summed E-state index contributed by atoms with van der Waals surface area (Å²) in [5.74, 6) is 0.922. The predicted molar refractivity (Wildman–Crippen MR) is 137 cm³/mol. The molecule has 1 fully saturated rings. The van der Waals surface area contributed by atoms with E-state index in [1.807, 2.05) is 55.5 Å². The zero-order valence-corrected chi connectivity index (χ0v) is 20.6. The Bertz CT molecular complexity index is 1330. The number of anilines is 2. The first-order chi connectivity index (χ1) is 16.2. The molecule has 1 saturated heterocycles. The van der Waals surface area contributed by atoms with Crippen LogP contribution in [0.15, 0.2) is 65.1 Å². The molecule has 34 heavy (non-hydrogen) atoms. The van der Waals surface area contributed by atoms with Gasteiger partial charge in [-0.3, -0.25) is 4.79 Å². The van der Waals surface area contributed by atoms with Crippen LogP contribution in [0.4, 0.5) is 11.4 Å². The number of amides is 1. The van der Waals surface area contributed by atoms with Crippen molar-refractivity contribution in [2.24, 2.45) is 0 Å². The Kier molecular flexibility index (Phi) is 7.11. The smallest absolute Gasteiger partial charge is 0.248 e. The van der Waals surface area contributed by atoms with Crippen LogP contribution in [0.5, 0.6) is 0 Å². The number of sulfonamides is 1. The van der Waals surface area contributed by atoms with Crippen molar-refractivity contribution in [3.8, 4) is 11.3 Å². The summed E-state index contributed by atoms with van der Waals surface area (Å²) in [6.07, 6.45) is 4.26. The number of carbonyl (C=O) groups excluding carboxylic acids is 1. The second kappa shape index (κ2) is 10.0. The molecule has 0 spiro atoms. The van der Waals surface area contributed by atoms with Gasteiger partial charge in [-0.15, -0.1) is 0 Å². The number of rotatable bonds is 6. The van der Waals surface area contributed by atoms with Crippen molar-refractivity contribution in [1.29, 1.82) is 0 Å². The van der Waals surface area contributed by atoms with Crippen LogP contribution in [0.25, 0.3) is 17.4 Å². The molecule has 0 unspecified atom stereocenters. The van der Waals surface area contributed by atoms with E-state index >= 15 is 0 Å². The van der Waals surface area contributed by atoms with Crippen molar-refractivity contribution in [1.82, 2.24) is 4.31 Å². The number of carbonyl (C=O) groups is 1. The standard InChI is InChI=1S/C25H26ClN3O4S/c1-18-7-8-19(17-21(18)26)24-11-9-20(33-24)10-12-25(30)27-22-5-3-4-6-23(22)28-13-15-29(16-14-28)34(2,31)32/h3-12,17H,13-16H2,1-2H3,(H,27,30)/b12-10+. The highest BCUT2D eigenvalue weighted by atomic mass is 35.5. The minimum atomic E-state index is -3.20. The van der Waals surface area contributed by atoms with Gasteiger partial charge in [0.2, 0.25) is 15.9 Å². The van der Waals surface area contributed by atoms with Gasteiger partial charge < -0.3 is 14.6 Å². The minimum absolute atomic E-state index is 0.293. The zero-order chi connectivity index (χ0) is 24.3. The molecule has 1 aliphatic heterocycles. The van der Waals surface area contributed by atoms with E-state index < -0.39 is 10.0 Å². The summed E-state index contributed by atoms with van der Waals surface area (Å²) in [7, 11) is -3.20. The first-order valence-electron chi connectivity index (χ1n) is 10.9. The van der Waals surface area contributed by atoms with Crippen molar-refractivity contribution in [3.63, 3.8) is 0 Å². The first kappa shape index (κ1) is 24.1. The summed E-state index contributed by atoms with van der Waals surface area (Å²) in [5.41, 5.74) is 3.38. The van der Waals surface area contributed by atoms with Crippen LogP contribution in [-0.2, 0) is 14.8 Å². The molecule has 4 rings (SSSR count). The SMILES string of the molecule is Cc1ccc(-c2ccc(/C=C/C(=O)Nc3ccccc3N3CCN(S(C)(=O)=O)CC3)o2)cc1Cl. The third-order valence-electron chi connectivity index (χ3n) is 5.69. The lowest BCUT2D eigenvalue weighted by Crippen LogP contribution is -2.48. The second-order valence-corrected chi connectivity index (χ2v) is 10.5. The van der Waals surface area contributed by atoms with Gasteiger partial charge in [-0.25, -0.2) is 8.42 Å². The van der Waals surface area contributed by atoms with E-state index in [4.69, 9.17) is 16.0 Å². The number of piperazine rings is 1. The van der Waals surface area contributed by atoms with E-state index in [1.54, 1.807) is 12.1 Å². The van der Waals surface area contributed by atoms with Gasteiger partial charge in [-0.05, 0) is 48.9 Å². The number of para-hydroxylation sites is 2. The van der Waals surface area contributed by atoms with Gasteiger partial charge in [-0.1, -0.05) is 35.9 Å². The van der Waals surface area contributed by atoms with Crippen LogP contribution in [0.2, 0.25) is 5.02 Å². The van der Waals surface area contributed by atoms with Crippen LogP contribution in [0, 0.1) is 6.92 Å². The predicted octanol–water partition coefficient (Wildman–Crippen LogP) is 4.64. The average Bonchev–Trinajstić information content (AvgIpc) is 3.29. The number of nitrogens with zero attached hydrogens (tertiary/aromatic N) is 2. The highest BCUT2D eigenvalue weighted by molar-refractivity contribution is 7.88. The molecule has 178 valence electrons. The Morgan fingerprint density at radius 2 is 1.79 bits per heavy atom. The van der Waals surface area contributed by atoms with Crippen molar-refractivity contribution in [2.45, 2.75) is 6.92 Å². The highest BCUT2D eigenvalue weighted by Crippen LogP contribution is 2.28. The maximum Gasteiger partial charge on any atom is 0.248 e. The largest absolute Gasteiger partial charge is 0.457 e. The molecule has 2 aromatic carbocycles. The number of hydrogen-bond acceptors (Lipinski definition) is 5. The summed E-state index contributed by atoms with van der Waals surface area (Å²) < 4.78 is 30.8. The number of benzene rings is 2. The average molecular weight is 500 g/mol. The van der Waals surface area contributed by atoms with Gasteiger partial charge in [0.05, 0.1) is 17.6 Å². The molecule has 0 radical (unpaired) electrons. The molecule has 1 amide bonds. The van der Waals surface area contributed by atoms with Gasteiger partial charge in [-0.2, -0.15) is 4.31 Å². The Hall–Kier alpha value is -3.07. The lowest BCUT2D eigenvalue weighted by molar-refractivity contribution is -0.111. The number of furan rings is 1. The van der Waals surface area contributed by atoms with E-state index in [1.165, 1.54) is 16.6 Å².